The molecule has 5 nitrogen and oxygen atoms in total. The molecular weight excluding hydrogens is 326 g/mol. The summed E-state index contributed by atoms with van der Waals surface area (Å²) in [5.41, 5.74) is 0.705. The van der Waals surface area contributed by atoms with E-state index in [9.17, 15) is 4.79 Å². The fourth-order valence-corrected chi connectivity index (χ4v) is 3.96. The number of amides is 1. The SMILES string of the molecule is CC(C)(C)OC(=O)N(c1ccc([C@H]2CCCCN2)cn1)C1CCCCC1. The zero-order valence-electron chi connectivity index (χ0n) is 16.5. The highest BCUT2D eigenvalue weighted by atomic mass is 16.6. The molecule has 1 aliphatic carbocycles. The van der Waals surface area contributed by atoms with Gasteiger partial charge in [0.2, 0.25) is 0 Å². The first kappa shape index (κ1) is 19.2. The standard InChI is InChI=1S/C21H33N3O2/c1-21(2,3)26-20(25)24(17-9-5-4-6-10-17)19-13-12-16(15-23-19)18-11-7-8-14-22-18/h12-13,15,17-18,22H,4-11,14H2,1-3H3/t18-/m1/s1. The highest BCUT2D eigenvalue weighted by Crippen LogP contribution is 2.29. The van der Waals surface area contributed by atoms with Crippen molar-refractivity contribution in [2.45, 2.75) is 89.8 Å². The second-order valence-electron chi connectivity index (χ2n) is 8.59. The van der Waals surface area contributed by atoms with E-state index >= 15 is 0 Å². The third kappa shape index (κ3) is 4.97. The molecule has 0 spiro atoms. The van der Waals surface area contributed by atoms with Gasteiger partial charge in [-0.15, -0.1) is 0 Å². The Balaban J connectivity index is 1.79. The average Bonchev–Trinajstić information content (AvgIpc) is 2.63. The monoisotopic (exact) mass is 359 g/mol. The van der Waals surface area contributed by atoms with Crippen molar-refractivity contribution >= 4 is 11.9 Å². The van der Waals surface area contributed by atoms with Gasteiger partial charge in [0.25, 0.3) is 0 Å². The van der Waals surface area contributed by atoms with E-state index in [1.165, 1.54) is 24.8 Å². The summed E-state index contributed by atoms with van der Waals surface area (Å²) in [6, 6.07) is 4.68. The van der Waals surface area contributed by atoms with Gasteiger partial charge in [-0.1, -0.05) is 31.7 Å². The molecule has 1 N–H and O–H groups in total. The minimum atomic E-state index is -0.504. The maximum atomic E-state index is 12.9. The number of ether oxygens (including phenoxy) is 1. The minimum absolute atomic E-state index is 0.185. The average molecular weight is 360 g/mol. The van der Waals surface area contributed by atoms with E-state index < -0.39 is 5.60 Å². The summed E-state index contributed by atoms with van der Waals surface area (Å²) in [7, 11) is 0. The van der Waals surface area contributed by atoms with E-state index in [1.807, 2.05) is 33.0 Å². The highest BCUT2D eigenvalue weighted by Gasteiger charge is 2.31. The van der Waals surface area contributed by atoms with Gasteiger partial charge in [-0.25, -0.2) is 9.78 Å². The van der Waals surface area contributed by atoms with Gasteiger partial charge in [0.05, 0.1) is 0 Å². The molecule has 26 heavy (non-hydrogen) atoms. The van der Waals surface area contributed by atoms with Gasteiger partial charge in [-0.05, 0) is 64.6 Å². The number of rotatable bonds is 3. The van der Waals surface area contributed by atoms with E-state index in [0.717, 1.165) is 38.6 Å². The largest absolute Gasteiger partial charge is 0.443 e. The summed E-state index contributed by atoms with van der Waals surface area (Å²) in [5, 5.41) is 3.56. The summed E-state index contributed by atoms with van der Waals surface area (Å²) in [5.74, 6) is 0.714. The lowest BCUT2D eigenvalue weighted by atomic mass is 9.94. The lowest BCUT2D eigenvalue weighted by Crippen LogP contribution is -2.45. The number of anilines is 1. The molecule has 1 aromatic rings. The summed E-state index contributed by atoms with van der Waals surface area (Å²) in [6.45, 7) is 6.80. The first-order valence-electron chi connectivity index (χ1n) is 10.2. The van der Waals surface area contributed by atoms with Crippen molar-refractivity contribution < 1.29 is 9.53 Å². The number of carbonyl (C=O) groups excluding carboxylic acids is 1. The molecule has 0 radical (unpaired) electrons. The van der Waals surface area contributed by atoms with Crippen molar-refractivity contribution in [1.82, 2.24) is 10.3 Å². The fourth-order valence-electron chi connectivity index (χ4n) is 3.96. The number of aromatic nitrogens is 1. The smallest absolute Gasteiger partial charge is 0.416 e. The molecule has 5 heteroatoms. The molecule has 0 bridgehead atoms. The Kier molecular flexibility index (Phi) is 6.17. The maximum Gasteiger partial charge on any atom is 0.416 e. The van der Waals surface area contributed by atoms with Crippen molar-refractivity contribution in [2.24, 2.45) is 0 Å². The molecule has 3 rings (SSSR count). The molecular formula is C21H33N3O2. The van der Waals surface area contributed by atoms with Crippen molar-refractivity contribution in [3.8, 4) is 0 Å². The van der Waals surface area contributed by atoms with E-state index in [1.54, 1.807) is 4.90 Å². The van der Waals surface area contributed by atoms with Gasteiger partial charge in [-0.2, -0.15) is 0 Å². The lowest BCUT2D eigenvalue weighted by molar-refractivity contribution is 0.0556. The van der Waals surface area contributed by atoms with Crippen LogP contribution in [-0.4, -0.2) is 29.3 Å². The number of piperidine rings is 1. The maximum absolute atomic E-state index is 12.9. The van der Waals surface area contributed by atoms with Crippen molar-refractivity contribution in [3.05, 3.63) is 23.9 Å². The zero-order valence-corrected chi connectivity index (χ0v) is 16.5. The number of pyridine rings is 1. The van der Waals surface area contributed by atoms with Gasteiger partial charge in [-0.3, -0.25) is 4.90 Å². The van der Waals surface area contributed by atoms with Crippen molar-refractivity contribution in [2.75, 3.05) is 11.4 Å². The predicted octanol–water partition coefficient (Wildman–Crippen LogP) is 4.97. The minimum Gasteiger partial charge on any atom is -0.443 e. The zero-order chi connectivity index (χ0) is 18.6. The first-order valence-corrected chi connectivity index (χ1v) is 10.2. The van der Waals surface area contributed by atoms with Crippen LogP contribution >= 0.6 is 0 Å². The van der Waals surface area contributed by atoms with E-state index in [-0.39, 0.29) is 12.1 Å². The molecule has 2 aliphatic rings. The topological polar surface area (TPSA) is 54.5 Å². The molecule has 1 saturated carbocycles. The van der Waals surface area contributed by atoms with Crippen LogP contribution in [0.1, 0.15) is 83.7 Å². The molecule has 1 atom stereocenters. The number of nitrogens with one attached hydrogen (secondary N) is 1. The first-order chi connectivity index (χ1) is 12.4. The van der Waals surface area contributed by atoms with Crippen LogP contribution in [0.5, 0.6) is 0 Å². The molecule has 2 fully saturated rings. The molecule has 0 aromatic carbocycles. The molecule has 2 heterocycles. The van der Waals surface area contributed by atoms with Gasteiger partial charge in [0.15, 0.2) is 0 Å². The van der Waals surface area contributed by atoms with Crippen LogP contribution in [0.2, 0.25) is 0 Å². The molecule has 1 aliphatic heterocycles. The summed E-state index contributed by atoms with van der Waals surface area (Å²) in [4.78, 5) is 19.4. The van der Waals surface area contributed by atoms with E-state index in [0.29, 0.717) is 11.9 Å². The highest BCUT2D eigenvalue weighted by molar-refractivity contribution is 5.87. The second-order valence-corrected chi connectivity index (χ2v) is 8.59. The number of hydrogen-bond donors (Lipinski definition) is 1. The summed E-state index contributed by atoms with van der Waals surface area (Å²) < 4.78 is 5.69. The number of nitrogens with zero attached hydrogens (tertiary/aromatic N) is 2. The van der Waals surface area contributed by atoms with Crippen molar-refractivity contribution in [3.63, 3.8) is 0 Å². The van der Waals surface area contributed by atoms with Crippen LogP contribution in [0.3, 0.4) is 0 Å². The van der Waals surface area contributed by atoms with Crippen molar-refractivity contribution in [1.29, 1.82) is 0 Å². The predicted molar refractivity (Wildman–Crippen MR) is 104 cm³/mol. The van der Waals surface area contributed by atoms with Gasteiger partial charge in [0.1, 0.15) is 11.4 Å². The van der Waals surface area contributed by atoms with Gasteiger partial charge in [0, 0.05) is 18.3 Å². The Labute approximate surface area is 157 Å². The number of hydrogen-bond acceptors (Lipinski definition) is 4. The Morgan fingerprint density at radius 3 is 2.42 bits per heavy atom. The molecule has 1 saturated heterocycles. The van der Waals surface area contributed by atoms with E-state index in [2.05, 4.69) is 16.4 Å². The Morgan fingerprint density at radius 2 is 1.85 bits per heavy atom. The van der Waals surface area contributed by atoms with Crippen LogP contribution in [0.4, 0.5) is 10.6 Å². The quantitative estimate of drug-likeness (QED) is 0.828. The Bertz CT molecular complexity index is 582. The Morgan fingerprint density at radius 1 is 1.12 bits per heavy atom. The van der Waals surface area contributed by atoms with Gasteiger partial charge >= 0.3 is 6.09 Å². The molecule has 0 unspecified atom stereocenters. The molecule has 1 amide bonds. The molecule has 144 valence electrons. The number of carbonyl (C=O) groups is 1. The summed E-state index contributed by atoms with van der Waals surface area (Å²) in [6.07, 6.45) is 10.9. The fraction of sp³-hybridized carbons (Fsp3) is 0.714. The molecule has 1 aromatic heterocycles. The van der Waals surface area contributed by atoms with Crippen LogP contribution in [0.15, 0.2) is 18.3 Å². The second kappa shape index (κ2) is 8.38. The third-order valence-electron chi connectivity index (χ3n) is 5.26. The Hall–Kier alpha value is -1.62. The van der Waals surface area contributed by atoms with Crippen LogP contribution in [-0.2, 0) is 4.74 Å². The normalized spacial score (nSPS) is 22.0. The third-order valence-corrected chi connectivity index (χ3v) is 5.26. The van der Waals surface area contributed by atoms with Crippen LogP contribution < -0.4 is 10.2 Å². The van der Waals surface area contributed by atoms with Crippen LogP contribution in [0.25, 0.3) is 0 Å². The van der Waals surface area contributed by atoms with Crippen LogP contribution in [0, 0.1) is 0 Å². The lowest BCUT2D eigenvalue weighted by Gasteiger charge is -2.35. The summed E-state index contributed by atoms with van der Waals surface area (Å²) >= 11 is 0. The van der Waals surface area contributed by atoms with Gasteiger partial charge < -0.3 is 10.1 Å². The van der Waals surface area contributed by atoms with E-state index in [4.69, 9.17) is 4.74 Å².